The first kappa shape index (κ1) is 8.39. The van der Waals surface area contributed by atoms with Crippen LogP contribution in [-0.4, -0.2) is 4.57 Å². The molecule has 3 heteroatoms. The predicted molar refractivity (Wildman–Crippen MR) is 54.9 cm³/mol. The minimum atomic E-state index is 0.485. The molecule has 1 aromatic heterocycles. The van der Waals surface area contributed by atoms with Gasteiger partial charge in [0.05, 0.1) is 5.56 Å². The molecule has 0 unspecified atom stereocenters. The van der Waals surface area contributed by atoms with E-state index in [0.29, 0.717) is 11.4 Å². The van der Waals surface area contributed by atoms with Crippen molar-refractivity contribution in [3.63, 3.8) is 0 Å². The van der Waals surface area contributed by atoms with E-state index in [1.807, 2.05) is 36.4 Å². The van der Waals surface area contributed by atoms with Crippen LogP contribution in [0.2, 0.25) is 0 Å². The molecule has 3 nitrogen and oxygen atoms in total. The standard InChI is InChI=1S/C11H9N3/c12-8-9-6-7-14(11(9)13)10-4-2-1-3-5-10/h1-7H,13H2. The van der Waals surface area contributed by atoms with Crippen molar-refractivity contribution in [3.8, 4) is 11.8 Å². The maximum atomic E-state index is 8.74. The number of nitrogens with two attached hydrogens (primary N) is 1. The van der Waals surface area contributed by atoms with Gasteiger partial charge in [0.15, 0.2) is 0 Å². The summed E-state index contributed by atoms with van der Waals surface area (Å²) in [5, 5.41) is 8.74. The number of anilines is 1. The SMILES string of the molecule is N#Cc1ccn(-c2ccccc2)c1N. The molecule has 0 aliphatic heterocycles. The van der Waals surface area contributed by atoms with E-state index < -0.39 is 0 Å². The van der Waals surface area contributed by atoms with Gasteiger partial charge in [0.25, 0.3) is 0 Å². The molecule has 68 valence electrons. The van der Waals surface area contributed by atoms with Crippen LogP contribution < -0.4 is 5.73 Å². The molecule has 0 spiro atoms. The van der Waals surface area contributed by atoms with E-state index in [1.54, 1.807) is 16.8 Å². The van der Waals surface area contributed by atoms with Gasteiger partial charge in [-0.25, -0.2) is 0 Å². The summed E-state index contributed by atoms with van der Waals surface area (Å²) < 4.78 is 1.79. The van der Waals surface area contributed by atoms with Gasteiger partial charge in [0.1, 0.15) is 11.9 Å². The molecule has 1 aromatic carbocycles. The number of para-hydroxylation sites is 1. The van der Waals surface area contributed by atoms with Gasteiger partial charge in [-0.15, -0.1) is 0 Å². The fourth-order valence-electron chi connectivity index (χ4n) is 1.35. The maximum Gasteiger partial charge on any atom is 0.126 e. The van der Waals surface area contributed by atoms with Gasteiger partial charge in [0, 0.05) is 11.9 Å². The van der Waals surface area contributed by atoms with Gasteiger partial charge < -0.3 is 10.3 Å². The summed E-state index contributed by atoms with van der Waals surface area (Å²) in [4.78, 5) is 0. The Morgan fingerprint density at radius 1 is 1.14 bits per heavy atom. The normalized spacial score (nSPS) is 9.64. The van der Waals surface area contributed by atoms with E-state index in [2.05, 4.69) is 0 Å². The van der Waals surface area contributed by atoms with Crippen LogP contribution in [0.1, 0.15) is 5.56 Å². The Balaban J connectivity index is 2.54. The van der Waals surface area contributed by atoms with Gasteiger partial charge in [-0.2, -0.15) is 5.26 Å². The lowest BCUT2D eigenvalue weighted by molar-refractivity contribution is 1.09. The Labute approximate surface area is 82.0 Å². The van der Waals surface area contributed by atoms with Gasteiger partial charge in [0.2, 0.25) is 0 Å². The molecule has 0 atom stereocenters. The smallest absolute Gasteiger partial charge is 0.126 e. The molecule has 0 amide bonds. The zero-order valence-corrected chi connectivity index (χ0v) is 7.51. The highest BCUT2D eigenvalue weighted by Gasteiger charge is 2.05. The van der Waals surface area contributed by atoms with Crippen molar-refractivity contribution >= 4 is 5.82 Å². The fraction of sp³-hybridized carbons (Fsp3) is 0. The van der Waals surface area contributed by atoms with Crippen molar-refractivity contribution in [2.75, 3.05) is 5.73 Å². The molecule has 1 heterocycles. The molecule has 0 aliphatic carbocycles. The van der Waals surface area contributed by atoms with Gasteiger partial charge in [-0.05, 0) is 18.2 Å². The van der Waals surface area contributed by atoms with E-state index in [1.165, 1.54) is 0 Å². The average molecular weight is 183 g/mol. The molecular weight excluding hydrogens is 174 g/mol. The predicted octanol–water partition coefficient (Wildman–Crippen LogP) is 1.93. The van der Waals surface area contributed by atoms with Crippen molar-refractivity contribution in [3.05, 3.63) is 48.2 Å². The second-order valence-electron chi connectivity index (χ2n) is 2.93. The fourth-order valence-corrected chi connectivity index (χ4v) is 1.35. The minimum Gasteiger partial charge on any atom is -0.384 e. The third kappa shape index (κ3) is 1.23. The monoisotopic (exact) mass is 183 g/mol. The molecule has 0 bridgehead atoms. The number of hydrogen-bond acceptors (Lipinski definition) is 2. The lowest BCUT2D eigenvalue weighted by Crippen LogP contribution is -1.99. The molecule has 14 heavy (non-hydrogen) atoms. The van der Waals surface area contributed by atoms with Crippen molar-refractivity contribution in [2.24, 2.45) is 0 Å². The van der Waals surface area contributed by atoms with Crippen molar-refractivity contribution in [1.82, 2.24) is 4.57 Å². The third-order valence-electron chi connectivity index (χ3n) is 2.08. The summed E-state index contributed by atoms with van der Waals surface area (Å²) in [7, 11) is 0. The lowest BCUT2D eigenvalue weighted by Gasteiger charge is -2.04. The molecule has 0 radical (unpaired) electrons. The van der Waals surface area contributed by atoms with Crippen LogP contribution in [0.4, 0.5) is 5.82 Å². The summed E-state index contributed by atoms with van der Waals surface area (Å²) >= 11 is 0. The van der Waals surface area contributed by atoms with Crippen LogP contribution in [0.3, 0.4) is 0 Å². The molecule has 0 fully saturated rings. The summed E-state index contributed by atoms with van der Waals surface area (Å²) in [5.41, 5.74) is 7.26. The maximum absolute atomic E-state index is 8.74. The lowest BCUT2D eigenvalue weighted by atomic mass is 10.3. The Bertz CT molecular complexity index is 477. The Morgan fingerprint density at radius 3 is 2.43 bits per heavy atom. The Hall–Kier alpha value is -2.21. The number of nitrogen functional groups attached to an aromatic ring is 1. The summed E-state index contributed by atoms with van der Waals surface area (Å²) in [6, 6.07) is 13.4. The van der Waals surface area contributed by atoms with E-state index in [4.69, 9.17) is 11.0 Å². The largest absolute Gasteiger partial charge is 0.384 e. The van der Waals surface area contributed by atoms with E-state index in [0.717, 1.165) is 5.69 Å². The van der Waals surface area contributed by atoms with Gasteiger partial charge in [-0.3, -0.25) is 0 Å². The van der Waals surface area contributed by atoms with Crippen LogP contribution in [-0.2, 0) is 0 Å². The van der Waals surface area contributed by atoms with E-state index in [9.17, 15) is 0 Å². The molecule has 0 saturated carbocycles. The molecule has 2 rings (SSSR count). The second-order valence-corrected chi connectivity index (χ2v) is 2.93. The quantitative estimate of drug-likeness (QED) is 0.734. The first-order valence-corrected chi connectivity index (χ1v) is 4.25. The molecular formula is C11H9N3. The molecule has 0 aliphatic rings. The highest BCUT2D eigenvalue weighted by Crippen LogP contribution is 2.17. The number of benzene rings is 1. The Morgan fingerprint density at radius 2 is 1.86 bits per heavy atom. The topological polar surface area (TPSA) is 54.7 Å². The number of aromatic nitrogens is 1. The molecule has 2 aromatic rings. The molecule has 2 N–H and O–H groups in total. The van der Waals surface area contributed by atoms with Gasteiger partial charge in [-0.1, -0.05) is 18.2 Å². The van der Waals surface area contributed by atoms with Crippen LogP contribution in [0.25, 0.3) is 5.69 Å². The number of rotatable bonds is 1. The first-order chi connectivity index (χ1) is 6.83. The van der Waals surface area contributed by atoms with E-state index in [-0.39, 0.29) is 0 Å². The van der Waals surface area contributed by atoms with E-state index >= 15 is 0 Å². The number of nitrogens with zero attached hydrogens (tertiary/aromatic N) is 2. The van der Waals surface area contributed by atoms with Crippen molar-refractivity contribution in [1.29, 1.82) is 5.26 Å². The summed E-state index contributed by atoms with van der Waals surface area (Å²) in [5.74, 6) is 0.485. The zero-order chi connectivity index (χ0) is 9.97. The van der Waals surface area contributed by atoms with Crippen LogP contribution in [0.15, 0.2) is 42.6 Å². The third-order valence-corrected chi connectivity index (χ3v) is 2.08. The van der Waals surface area contributed by atoms with Crippen molar-refractivity contribution < 1.29 is 0 Å². The Kier molecular flexibility index (Phi) is 1.96. The van der Waals surface area contributed by atoms with Crippen LogP contribution in [0.5, 0.6) is 0 Å². The molecule has 0 saturated heterocycles. The highest BCUT2D eigenvalue weighted by atomic mass is 15.0. The van der Waals surface area contributed by atoms with Crippen LogP contribution in [0, 0.1) is 11.3 Å². The van der Waals surface area contributed by atoms with Gasteiger partial charge >= 0.3 is 0 Å². The minimum absolute atomic E-state index is 0.485. The number of nitriles is 1. The zero-order valence-electron chi connectivity index (χ0n) is 7.51. The van der Waals surface area contributed by atoms with Crippen molar-refractivity contribution in [2.45, 2.75) is 0 Å². The summed E-state index contributed by atoms with van der Waals surface area (Å²) in [6.07, 6.45) is 1.79. The average Bonchev–Trinajstić information content (AvgIpc) is 2.61. The summed E-state index contributed by atoms with van der Waals surface area (Å²) in [6.45, 7) is 0. The first-order valence-electron chi connectivity index (χ1n) is 4.25. The highest BCUT2D eigenvalue weighted by molar-refractivity contribution is 5.55. The second kappa shape index (κ2) is 3.27. The number of hydrogen-bond donors (Lipinski definition) is 1. The van der Waals surface area contributed by atoms with Crippen LogP contribution >= 0.6 is 0 Å².